The number of non-ortho nitro benzene ring substituents is 1. The van der Waals surface area contributed by atoms with Gasteiger partial charge in [0.2, 0.25) is 0 Å². The first-order valence-electron chi connectivity index (χ1n) is 9.64. The summed E-state index contributed by atoms with van der Waals surface area (Å²) in [7, 11) is 1.31. The number of benzene rings is 3. The number of hydrogen-bond acceptors (Lipinski definition) is 7. The molecule has 0 saturated carbocycles. The highest BCUT2D eigenvalue weighted by Gasteiger charge is 2.16. The van der Waals surface area contributed by atoms with Gasteiger partial charge in [0, 0.05) is 10.5 Å². The Balaban J connectivity index is 1.72. The summed E-state index contributed by atoms with van der Waals surface area (Å²) in [4.78, 5) is 35.1. The summed E-state index contributed by atoms with van der Waals surface area (Å²) in [6.45, 7) is 0. The predicted molar refractivity (Wildman–Crippen MR) is 127 cm³/mol. The smallest absolute Gasteiger partial charge is 0.343 e. The molecule has 0 heterocycles. The number of carbonyl (C=O) groups is 2. The summed E-state index contributed by atoms with van der Waals surface area (Å²) in [5, 5.41) is 22.8. The van der Waals surface area contributed by atoms with Crippen LogP contribution in [0.5, 0.6) is 11.5 Å². The number of nitrogens with zero attached hydrogens (tertiary/aromatic N) is 2. The number of ether oxygens (including phenoxy) is 2. The molecule has 10 heteroatoms. The number of esters is 1. The van der Waals surface area contributed by atoms with Crippen molar-refractivity contribution in [2.45, 2.75) is 0 Å². The van der Waals surface area contributed by atoms with Crippen LogP contribution in [0.15, 0.2) is 76.8 Å². The van der Waals surface area contributed by atoms with Gasteiger partial charge in [-0.15, -0.1) is 0 Å². The molecule has 0 unspecified atom stereocenters. The van der Waals surface area contributed by atoms with Crippen LogP contribution >= 0.6 is 15.9 Å². The van der Waals surface area contributed by atoms with Crippen LogP contribution in [0, 0.1) is 21.4 Å². The largest absolute Gasteiger partial charge is 0.494 e. The fourth-order valence-electron chi connectivity index (χ4n) is 2.79. The molecule has 1 N–H and O–H groups in total. The van der Waals surface area contributed by atoms with Crippen molar-refractivity contribution in [1.29, 1.82) is 5.26 Å². The van der Waals surface area contributed by atoms with E-state index >= 15 is 0 Å². The molecular weight excluding hydrogens is 506 g/mol. The molecule has 0 aromatic heterocycles. The lowest BCUT2D eigenvalue weighted by atomic mass is 10.1. The summed E-state index contributed by atoms with van der Waals surface area (Å²) in [5.74, 6) is -0.870. The topological polar surface area (TPSA) is 132 Å². The highest BCUT2D eigenvalue weighted by Crippen LogP contribution is 2.29. The molecule has 0 spiro atoms. The molecule has 0 fully saturated rings. The van der Waals surface area contributed by atoms with E-state index < -0.39 is 16.8 Å². The van der Waals surface area contributed by atoms with Gasteiger partial charge in [-0.1, -0.05) is 28.1 Å². The zero-order valence-electron chi connectivity index (χ0n) is 17.7. The summed E-state index contributed by atoms with van der Waals surface area (Å²) >= 11 is 3.30. The van der Waals surface area contributed by atoms with Crippen molar-refractivity contribution in [3.63, 3.8) is 0 Å². The van der Waals surface area contributed by atoms with Crippen LogP contribution < -0.4 is 14.8 Å². The van der Waals surface area contributed by atoms with Crippen LogP contribution in [-0.4, -0.2) is 23.9 Å². The zero-order valence-corrected chi connectivity index (χ0v) is 19.2. The average Bonchev–Trinajstić information content (AvgIpc) is 2.83. The first kappa shape index (κ1) is 24.2. The lowest BCUT2D eigenvalue weighted by Gasteiger charge is -2.09. The number of anilines is 1. The number of methoxy groups -OCH3 is 1. The Morgan fingerprint density at radius 2 is 1.76 bits per heavy atom. The highest BCUT2D eigenvalue weighted by atomic mass is 79.9. The van der Waals surface area contributed by atoms with E-state index in [1.165, 1.54) is 43.5 Å². The van der Waals surface area contributed by atoms with E-state index in [2.05, 4.69) is 21.2 Å². The fourth-order valence-corrected chi connectivity index (χ4v) is 3.05. The van der Waals surface area contributed by atoms with E-state index in [9.17, 15) is 25.0 Å². The monoisotopic (exact) mass is 521 g/mol. The molecule has 3 rings (SSSR count). The molecule has 0 aliphatic rings. The Kier molecular flexibility index (Phi) is 7.74. The van der Waals surface area contributed by atoms with Gasteiger partial charge in [-0.2, -0.15) is 5.26 Å². The van der Waals surface area contributed by atoms with Gasteiger partial charge in [-0.25, -0.2) is 4.79 Å². The summed E-state index contributed by atoms with van der Waals surface area (Å²) in [6.07, 6.45) is 1.35. The van der Waals surface area contributed by atoms with E-state index in [0.717, 1.165) is 4.47 Å². The van der Waals surface area contributed by atoms with Gasteiger partial charge in [0.1, 0.15) is 23.1 Å². The van der Waals surface area contributed by atoms with Crippen LogP contribution in [0.2, 0.25) is 0 Å². The molecule has 170 valence electrons. The van der Waals surface area contributed by atoms with E-state index in [0.29, 0.717) is 16.9 Å². The minimum absolute atomic E-state index is 0.0804. The first-order chi connectivity index (χ1) is 16.3. The quantitative estimate of drug-likeness (QED) is 0.114. The van der Waals surface area contributed by atoms with Gasteiger partial charge in [-0.3, -0.25) is 14.9 Å². The molecule has 3 aromatic carbocycles. The Hall–Kier alpha value is -4.49. The van der Waals surface area contributed by atoms with E-state index in [1.54, 1.807) is 36.4 Å². The average molecular weight is 522 g/mol. The number of nitro groups is 1. The van der Waals surface area contributed by atoms with Crippen molar-refractivity contribution in [2.24, 2.45) is 0 Å². The molecule has 0 radical (unpaired) electrons. The van der Waals surface area contributed by atoms with Gasteiger partial charge in [-0.05, 0) is 54.1 Å². The molecular formula is C24H16BrN3O6. The Bertz CT molecular complexity index is 1310. The van der Waals surface area contributed by atoms with Crippen LogP contribution in [0.1, 0.15) is 15.9 Å². The second-order valence-electron chi connectivity index (χ2n) is 6.73. The Morgan fingerprint density at radius 1 is 1.09 bits per heavy atom. The van der Waals surface area contributed by atoms with Crippen molar-refractivity contribution < 1.29 is 24.0 Å². The summed E-state index contributed by atoms with van der Waals surface area (Å²) in [6, 6.07) is 18.5. The molecule has 3 aromatic rings. The number of halogens is 1. The molecule has 0 bridgehead atoms. The third-order valence-electron chi connectivity index (χ3n) is 4.49. The normalized spacial score (nSPS) is 10.7. The van der Waals surface area contributed by atoms with Gasteiger partial charge >= 0.3 is 5.97 Å². The maximum atomic E-state index is 12.6. The number of nitriles is 1. The van der Waals surface area contributed by atoms with Crippen LogP contribution in [-0.2, 0) is 4.79 Å². The lowest BCUT2D eigenvalue weighted by molar-refractivity contribution is -0.384. The first-order valence-corrected chi connectivity index (χ1v) is 10.4. The number of nitro benzene ring substituents is 1. The third kappa shape index (κ3) is 6.05. The van der Waals surface area contributed by atoms with E-state index in [1.807, 2.05) is 6.07 Å². The SMILES string of the molecule is COc1cc([N+](=O)[O-])ccc1NC(=O)/C(C#N)=C\c1ccc(OC(=O)c2ccc(Br)cc2)cc1. The summed E-state index contributed by atoms with van der Waals surface area (Å²) < 4.78 is 11.2. The summed E-state index contributed by atoms with van der Waals surface area (Å²) in [5.41, 5.74) is 0.671. The van der Waals surface area contributed by atoms with Crippen molar-refractivity contribution in [3.05, 3.63) is 98.0 Å². The molecule has 0 atom stereocenters. The lowest BCUT2D eigenvalue weighted by Crippen LogP contribution is -2.14. The van der Waals surface area contributed by atoms with Gasteiger partial charge < -0.3 is 14.8 Å². The van der Waals surface area contributed by atoms with Crippen molar-refractivity contribution >= 4 is 45.3 Å². The standard InChI is InChI=1S/C24H16BrN3O6/c1-33-22-13-19(28(31)32)8-11-21(22)27-23(29)17(14-26)12-15-2-9-20(10-3-15)34-24(30)16-4-6-18(25)7-5-16/h2-13H,1H3,(H,27,29)/b17-12-. The number of hydrogen-bond donors (Lipinski definition) is 1. The van der Waals surface area contributed by atoms with Crippen molar-refractivity contribution in [1.82, 2.24) is 0 Å². The van der Waals surface area contributed by atoms with Crippen molar-refractivity contribution in [2.75, 3.05) is 12.4 Å². The van der Waals surface area contributed by atoms with E-state index in [-0.39, 0.29) is 22.7 Å². The minimum Gasteiger partial charge on any atom is -0.494 e. The van der Waals surface area contributed by atoms with Gasteiger partial charge in [0.25, 0.3) is 11.6 Å². The predicted octanol–water partition coefficient (Wildman–Crippen LogP) is 5.13. The third-order valence-corrected chi connectivity index (χ3v) is 5.02. The number of rotatable bonds is 7. The molecule has 0 saturated heterocycles. The van der Waals surface area contributed by atoms with Gasteiger partial charge in [0.05, 0.1) is 29.4 Å². The van der Waals surface area contributed by atoms with Crippen LogP contribution in [0.3, 0.4) is 0 Å². The maximum absolute atomic E-state index is 12.6. The highest BCUT2D eigenvalue weighted by molar-refractivity contribution is 9.10. The van der Waals surface area contributed by atoms with Crippen LogP contribution in [0.4, 0.5) is 11.4 Å². The molecule has 34 heavy (non-hydrogen) atoms. The van der Waals surface area contributed by atoms with Gasteiger partial charge in [0.15, 0.2) is 0 Å². The number of nitrogens with one attached hydrogen (secondary N) is 1. The minimum atomic E-state index is -0.722. The second kappa shape index (κ2) is 10.9. The number of amides is 1. The second-order valence-corrected chi connectivity index (χ2v) is 7.65. The maximum Gasteiger partial charge on any atom is 0.343 e. The fraction of sp³-hybridized carbons (Fsp3) is 0.0417. The molecule has 9 nitrogen and oxygen atoms in total. The number of carbonyl (C=O) groups excluding carboxylic acids is 2. The Labute approximate surface area is 202 Å². The molecule has 1 amide bonds. The van der Waals surface area contributed by atoms with E-state index in [4.69, 9.17) is 9.47 Å². The molecule has 0 aliphatic carbocycles. The zero-order chi connectivity index (χ0) is 24.7. The van der Waals surface area contributed by atoms with Crippen molar-refractivity contribution in [3.8, 4) is 17.6 Å². The molecule has 0 aliphatic heterocycles. The Morgan fingerprint density at radius 3 is 2.35 bits per heavy atom. The van der Waals surface area contributed by atoms with Crippen LogP contribution in [0.25, 0.3) is 6.08 Å².